The zero-order valence-corrected chi connectivity index (χ0v) is 13.2. The van der Waals surface area contributed by atoms with E-state index >= 15 is 0 Å². The van der Waals surface area contributed by atoms with Crippen LogP contribution in [0.1, 0.15) is 56.7 Å². The van der Waals surface area contributed by atoms with E-state index in [2.05, 4.69) is 43.0 Å². The molecule has 21 heavy (non-hydrogen) atoms. The third kappa shape index (κ3) is 4.31. The number of nitrogens with zero attached hydrogens (tertiary/aromatic N) is 1. The Morgan fingerprint density at radius 3 is 2.33 bits per heavy atom. The first-order valence-electron chi connectivity index (χ1n) is 8.18. The van der Waals surface area contributed by atoms with E-state index in [9.17, 15) is 4.79 Å². The number of rotatable bonds is 6. The Balaban J connectivity index is 1.97. The van der Waals surface area contributed by atoms with Crippen LogP contribution in [-0.2, 0) is 11.2 Å². The van der Waals surface area contributed by atoms with E-state index in [1.165, 1.54) is 11.1 Å². The summed E-state index contributed by atoms with van der Waals surface area (Å²) in [4.78, 5) is 13.3. The molecule has 3 heteroatoms. The minimum atomic E-state index is -0.657. The van der Waals surface area contributed by atoms with Crippen LogP contribution in [0.3, 0.4) is 0 Å². The van der Waals surface area contributed by atoms with Gasteiger partial charge >= 0.3 is 5.97 Å². The van der Waals surface area contributed by atoms with E-state index in [4.69, 9.17) is 5.11 Å². The van der Waals surface area contributed by atoms with Crippen molar-refractivity contribution in [3.63, 3.8) is 0 Å². The normalized spacial score (nSPS) is 18.6. The predicted molar refractivity (Wildman–Crippen MR) is 85.4 cm³/mol. The van der Waals surface area contributed by atoms with E-state index in [1.54, 1.807) is 0 Å². The Labute approximate surface area is 128 Å². The van der Waals surface area contributed by atoms with Gasteiger partial charge in [0.15, 0.2) is 0 Å². The molecule has 116 valence electrons. The third-order valence-corrected chi connectivity index (χ3v) is 4.71. The Morgan fingerprint density at radius 2 is 1.86 bits per heavy atom. The molecular weight excluding hydrogens is 262 g/mol. The first-order chi connectivity index (χ1) is 10.1. The van der Waals surface area contributed by atoms with E-state index in [1.807, 2.05) is 0 Å². The molecule has 1 N–H and O–H groups in total. The van der Waals surface area contributed by atoms with Gasteiger partial charge in [0.2, 0.25) is 0 Å². The number of carbonyl (C=O) groups is 1. The minimum Gasteiger partial charge on any atom is -0.481 e. The molecule has 3 nitrogen and oxygen atoms in total. The van der Waals surface area contributed by atoms with E-state index in [-0.39, 0.29) is 0 Å². The second-order valence-electron chi connectivity index (χ2n) is 6.10. The molecule has 0 radical (unpaired) electrons. The molecular formula is C18H27NO2. The summed E-state index contributed by atoms with van der Waals surface area (Å²) in [5.41, 5.74) is 2.78. The monoisotopic (exact) mass is 289 g/mol. The molecule has 1 aliphatic rings. The van der Waals surface area contributed by atoms with Gasteiger partial charge in [-0.2, -0.15) is 0 Å². The van der Waals surface area contributed by atoms with Gasteiger partial charge in [-0.3, -0.25) is 9.69 Å². The Morgan fingerprint density at radius 1 is 1.24 bits per heavy atom. The van der Waals surface area contributed by atoms with Gasteiger partial charge < -0.3 is 5.11 Å². The van der Waals surface area contributed by atoms with Gasteiger partial charge in [0.1, 0.15) is 0 Å². The standard InChI is InChI=1S/C18H27NO2/c1-3-14-5-7-16(8-6-14)17(4-2)19-11-9-15(10-12-19)13-18(20)21/h5-8,15,17H,3-4,9-13H2,1-2H3,(H,20,21). The van der Waals surface area contributed by atoms with Gasteiger partial charge in [-0.25, -0.2) is 0 Å². The van der Waals surface area contributed by atoms with Crippen molar-refractivity contribution in [2.75, 3.05) is 13.1 Å². The van der Waals surface area contributed by atoms with Gasteiger partial charge in [0.05, 0.1) is 0 Å². The highest BCUT2D eigenvalue weighted by molar-refractivity contribution is 5.67. The average molecular weight is 289 g/mol. The summed E-state index contributed by atoms with van der Waals surface area (Å²) < 4.78 is 0. The quantitative estimate of drug-likeness (QED) is 0.863. The van der Waals surface area contributed by atoms with Gasteiger partial charge in [-0.15, -0.1) is 0 Å². The SMILES string of the molecule is CCc1ccc(C(CC)N2CCC(CC(=O)O)CC2)cc1. The molecule has 1 saturated heterocycles. The highest BCUT2D eigenvalue weighted by atomic mass is 16.4. The van der Waals surface area contributed by atoms with Gasteiger partial charge in [-0.05, 0) is 55.8 Å². The molecule has 1 aliphatic heterocycles. The molecule has 0 amide bonds. The van der Waals surface area contributed by atoms with Crippen LogP contribution in [-0.4, -0.2) is 29.1 Å². The van der Waals surface area contributed by atoms with Crippen LogP contribution in [0.2, 0.25) is 0 Å². The predicted octanol–water partition coefficient (Wildman–Crippen LogP) is 3.89. The first-order valence-corrected chi connectivity index (χ1v) is 8.18. The number of likely N-dealkylation sites (tertiary alicyclic amines) is 1. The number of aryl methyl sites for hydroxylation is 1. The van der Waals surface area contributed by atoms with Crippen LogP contribution in [0, 0.1) is 5.92 Å². The van der Waals surface area contributed by atoms with Crippen molar-refractivity contribution < 1.29 is 9.90 Å². The lowest BCUT2D eigenvalue weighted by Crippen LogP contribution is -2.37. The number of piperidine rings is 1. The number of carboxylic acids is 1. The fraction of sp³-hybridized carbons (Fsp3) is 0.611. The fourth-order valence-electron chi connectivity index (χ4n) is 3.40. The molecule has 1 atom stereocenters. The summed E-state index contributed by atoms with van der Waals surface area (Å²) in [6, 6.07) is 9.46. The Kier molecular flexibility index (Phi) is 5.80. The number of hydrogen-bond acceptors (Lipinski definition) is 2. The van der Waals surface area contributed by atoms with Crippen LogP contribution in [0.15, 0.2) is 24.3 Å². The van der Waals surface area contributed by atoms with Crippen molar-refractivity contribution >= 4 is 5.97 Å². The third-order valence-electron chi connectivity index (χ3n) is 4.71. The van der Waals surface area contributed by atoms with Crippen LogP contribution >= 0.6 is 0 Å². The maximum absolute atomic E-state index is 10.8. The van der Waals surface area contributed by atoms with Crippen LogP contribution in [0.4, 0.5) is 0 Å². The average Bonchev–Trinajstić information content (AvgIpc) is 2.50. The summed E-state index contributed by atoms with van der Waals surface area (Å²) in [6.07, 6.45) is 4.54. The van der Waals surface area contributed by atoms with Crippen molar-refractivity contribution in [3.8, 4) is 0 Å². The van der Waals surface area contributed by atoms with Gasteiger partial charge in [0, 0.05) is 12.5 Å². The molecule has 0 aromatic heterocycles. The van der Waals surface area contributed by atoms with Gasteiger partial charge in [-0.1, -0.05) is 38.1 Å². The maximum atomic E-state index is 10.8. The zero-order valence-electron chi connectivity index (χ0n) is 13.2. The molecule has 0 spiro atoms. The molecule has 1 unspecified atom stereocenters. The minimum absolute atomic E-state index is 0.329. The lowest BCUT2D eigenvalue weighted by Gasteiger charge is -2.37. The Hall–Kier alpha value is -1.35. The largest absolute Gasteiger partial charge is 0.481 e. The van der Waals surface area contributed by atoms with Crippen LogP contribution in [0.25, 0.3) is 0 Å². The summed E-state index contributed by atoms with van der Waals surface area (Å²) in [5.74, 6) is -0.297. The second kappa shape index (κ2) is 7.60. The van der Waals surface area contributed by atoms with Crippen LogP contribution in [0.5, 0.6) is 0 Å². The van der Waals surface area contributed by atoms with E-state index in [0.29, 0.717) is 18.4 Å². The number of carboxylic acid groups (broad SMARTS) is 1. The lowest BCUT2D eigenvalue weighted by molar-refractivity contribution is -0.138. The molecule has 1 heterocycles. The maximum Gasteiger partial charge on any atom is 0.303 e. The van der Waals surface area contributed by atoms with E-state index < -0.39 is 5.97 Å². The highest BCUT2D eigenvalue weighted by Gasteiger charge is 2.26. The van der Waals surface area contributed by atoms with E-state index in [0.717, 1.165) is 38.8 Å². The summed E-state index contributed by atoms with van der Waals surface area (Å²) >= 11 is 0. The topological polar surface area (TPSA) is 40.5 Å². The molecule has 2 rings (SSSR count). The molecule has 1 aromatic rings. The summed E-state index contributed by atoms with van der Waals surface area (Å²) in [7, 11) is 0. The van der Waals surface area contributed by atoms with Crippen molar-refractivity contribution in [1.82, 2.24) is 4.90 Å². The van der Waals surface area contributed by atoms with Gasteiger partial charge in [0.25, 0.3) is 0 Å². The van der Waals surface area contributed by atoms with Crippen molar-refractivity contribution in [3.05, 3.63) is 35.4 Å². The summed E-state index contributed by atoms with van der Waals surface area (Å²) in [5, 5.41) is 8.90. The highest BCUT2D eigenvalue weighted by Crippen LogP contribution is 2.30. The second-order valence-corrected chi connectivity index (χ2v) is 6.10. The molecule has 0 bridgehead atoms. The number of aliphatic carboxylic acids is 1. The zero-order chi connectivity index (χ0) is 15.2. The lowest BCUT2D eigenvalue weighted by atomic mass is 9.91. The Bertz CT molecular complexity index is 447. The van der Waals surface area contributed by atoms with Crippen molar-refractivity contribution in [2.24, 2.45) is 5.92 Å². The van der Waals surface area contributed by atoms with Crippen molar-refractivity contribution in [1.29, 1.82) is 0 Å². The number of benzene rings is 1. The first kappa shape index (κ1) is 16.0. The number of hydrogen-bond donors (Lipinski definition) is 1. The molecule has 1 fully saturated rings. The molecule has 1 aromatic carbocycles. The van der Waals surface area contributed by atoms with Crippen LogP contribution < -0.4 is 0 Å². The molecule has 0 saturated carbocycles. The van der Waals surface area contributed by atoms with Crippen molar-refractivity contribution in [2.45, 2.75) is 52.0 Å². The molecule has 0 aliphatic carbocycles. The fourth-order valence-corrected chi connectivity index (χ4v) is 3.40. The summed E-state index contributed by atoms with van der Waals surface area (Å²) in [6.45, 7) is 6.46. The smallest absolute Gasteiger partial charge is 0.303 e.